The zero-order valence-corrected chi connectivity index (χ0v) is 16.3. The molecule has 3 heterocycles. The van der Waals surface area contributed by atoms with Crippen LogP contribution in [0.3, 0.4) is 0 Å². The van der Waals surface area contributed by atoms with Crippen molar-refractivity contribution in [1.29, 1.82) is 0 Å². The van der Waals surface area contributed by atoms with E-state index >= 15 is 0 Å². The molecule has 9 heteroatoms. The molecule has 0 aliphatic carbocycles. The van der Waals surface area contributed by atoms with E-state index in [-0.39, 0.29) is 23.7 Å². The number of hydrogen-bond donors (Lipinski definition) is 2. The summed E-state index contributed by atoms with van der Waals surface area (Å²) < 4.78 is 13.2. The average Bonchev–Trinajstić information content (AvgIpc) is 3.15. The van der Waals surface area contributed by atoms with Gasteiger partial charge in [-0.05, 0) is 31.0 Å². The van der Waals surface area contributed by atoms with Crippen molar-refractivity contribution in [3.8, 4) is 0 Å². The third kappa shape index (κ3) is 4.17. The number of esters is 1. The van der Waals surface area contributed by atoms with E-state index in [2.05, 4.69) is 16.9 Å². The number of aromatic nitrogens is 3. The van der Waals surface area contributed by atoms with Gasteiger partial charge in [-0.3, -0.25) is 4.79 Å². The first-order valence-corrected chi connectivity index (χ1v) is 9.53. The van der Waals surface area contributed by atoms with E-state index in [1.807, 2.05) is 0 Å². The molecule has 0 radical (unpaired) electrons. The second kappa shape index (κ2) is 8.00. The Morgan fingerprint density at radius 3 is 3.04 bits per heavy atom. The summed E-state index contributed by atoms with van der Waals surface area (Å²) in [5, 5.41) is 11.2. The van der Waals surface area contributed by atoms with Gasteiger partial charge >= 0.3 is 5.97 Å². The number of rotatable bonds is 7. The number of ether oxygens (including phenoxy) is 2. The lowest BCUT2D eigenvalue weighted by molar-refractivity contribution is -0.162. The number of nitrogens with zero attached hydrogens (tertiary/aromatic N) is 3. The van der Waals surface area contributed by atoms with Gasteiger partial charge in [0.05, 0.1) is 11.5 Å². The molecule has 0 aromatic carbocycles. The molecule has 8 nitrogen and oxygen atoms in total. The van der Waals surface area contributed by atoms with E-state index in [1.165, 1.54) is 0 Å². The van der Waals surface area contributed by atoms with E-state index in [9.17, 15) is 9.90 Å². The lowest BCUT2D eigenvalue weighted by atomic mass is 10.0. The summed E-state index contributed by atoms with van der Waals surface area (Å²) in [5.74, 6) is 0.00806. The van der Waals surface area contributed by atoms with Gasteiger partial charge in [0.25, 0.3) is 0 Å². The van der Waals surface area contributed by atoms with Crippen molar-refractivity contribution in [2.75, 3.05) is 12.3 Å². The maximum atomic E-state index is 11.9. The smallest absolute Gasteiger partial charge is 0.305 e. The molecule has 1 aliphatic heterocycles. The normalized spacial score (nSPS) is 25.2. The Morgan fingerprint density at radius 1 is 1.52 bits per heavy atom. The number of nitrogen functional groups attached to an aromatic ring is 1. The summed E-state index contributed by atoms with van der Waals surface area (Å²) in [4.78, 5) is 20.0. The van der Waals surface area contributed by atoms with Crippen LogP contribution in [0.1, 0.15) is 52.2 Å². The van der Waals surface area contributed by atoms with Crippen molar-refractivity contribution in [2.24, 2.45) is 0 Å². The molecule has 1 aliphatic rings. The van der Waals surface area contributed by atoms with Gasteiger partial charge in [-0.15, -0.1) is 0 Å². The van der Waals surface area contributed by atoms with Crippen LogP contribution >= 0.6 is 11.6 Å². The van der Waals surface area contributed by atoms with Crippen molar-refractivity contribution >= 4 is 34.4 Å². The van der Waals surface area contributed by atoms with Crippen LogP contribution in [-0.2, 0) is 14.3 Å². The molecule has 3 atom stereocenters. The van der Waals surface area contributed by atoms with Crippen LogP contribution in [0.15, 0.2) is 12.3 Å². The minimum Gasteiger partial charge on any atom is -0.462 e. The first-order valence-electron chi connectivity index (χ1n) is 9.15. The second-order valence-corrected chi connectivity index (χ2v) is 7.43. The maximum absolute atomic E-state index is 11.9. The molecule has 0 bridgehead atoms. The molecule has 27 heavy (non-hydrogen) atoms. The first-order chi connectivity index (χ1) is 12.8. The molecule has 0 amide bonds. The molecule has 148 valence electrons. The topological polar surface area (TPSA) is 112 Å². The van der Waals surface area contributed by atoms with Gasteiger partial charge in [0.15, 0.2) is 0 Å². The minimum absolute atomic E-state index is 0.00724. The molecule has 1 saturated heterocycles. The zero-order valence-electron chi connectivity index (χ0n) is 15.5. The predicted molar refractivity (Wildman–Crippen MR) is 101 cm³/mol. The molecule has 0 saturated carbocycles. The fourth-order valence-electron chi connectivity index (χ4n) is 3.25. The highest BCUT2D eigenvalue weighted by atomic mass is 35.5. The van der Waals surface area contributed by atoms with Gasteiger partial charge in [-0.1, -0.05) is 19.8 Å². The molecular formula is C18H25ClN4O4. The number of fused-ring (bicyclic) bond motifs is 1. The quantitative estimate of drug-likeness (QED) is 0.420. The maximum Gasteiger partial charge on any atom is 0.305 e. The monoisotopic (exact) mass is 396 g/mol. The number of hydrogen-bond acceptors (Lipinski definition) is 7. The van der Waals surface area contributed by atoms with Crippen LogP contribution < -0.4 is 5.73 Å². The Bertz CT molecular complexity index is 827. The van der Waals surface area contributed by atoms with Crippen LogP contribution in [0, 0.1) is 0 Å². The number of carbonyl (C=O) groups excluding carboxylic acids is 1. The summed E-state index contributed by atoms with van der Waals surface area (Å²) in [6.45, 7) is 3.80. The number of nitrogens with two attached hydrogens (primary N) is 1. The summed E-state index contributed by atoms with van der Waals surface area (Å²) in [6, 6.07) is 1.78. The molecule has 2 aromatic rings. The zero-order chi connectivity index (χ0) is 19.6. The average molecular weight is 397 g/mol. The van der Waals surface area contributed by atoms with Gasteiger partial charge in [-0.25, -0.2) is 4.98 Å². The van der Waals surface area contributed by atoms with E-state index < -0.39 is 17.9 Å². The number of aliphatic hydroxyl groups is 1. The summed E-state index contributed by atoms with van der Waals surface area (Å²) in [5.41, 5.74) is 5.42. The van der Waals surface area contributed by atoms with E-state index in [4.69, 9.17) is 26.8 Å². The highest BCUT2D eigenvalue weighted by molar-refractivity contribution is 6.28. The lowest BCUT2D eigenvalue weighted by Crippen LogP contribution is -2.41. The Kier molecular flexibility index (Phi) is 5.88. The van der Waals surface area contributed by atoms with E-state index in [0.29, 0.717) is 23.9 Å². The Labute approximate surface area is 162 Å². The van der Waals surface area contributed by atoms with Gasteiger partial charge in [0, 0.05) is 19.0 Å². The third-order valence-electron chi connectivity index (χ3n) is 4.92. The minimum atomic E-state index is -0.996. The van der Waals surface area contributed by atoms with Crippen LogP contribution in [-0.4, -0.2) is 43.9 Å². The van der Waals surface area contributed by atoms with Gasteiger partial charge in [-0.2, -0.15) is 4.98 Å². The molecule has 2 aromatic heterocycles. The molecule has 0 spiro atoms. The molecular weight excluding hydrogens is 372 g/mol. The van der Waals surface area contributed by atoms with Crippen LogP contribution in [0.5, 0.6) is 0 Å². The number of halogens is 1. The van der Waals surface area contributed by atoms with Crippen LogP contribution in [0.2, 0.25) is 5.28 Å². The summed E-state index contributed by atoms with van der Waals surface area (Å²) in [6.07, 6.45) is 4.03. The van der Waals surface area contributed by atoms with E-state index in [1.54, 1.807) is 23.8 Å². The number of aliphatic hydroxyl groups excluding tert-OH is 1. The van der Waals surface area contributed by atoms with Gasteiger partial charge < -0.3 is 24.9 Å². The SMILES string of the molecule is CCCCCC(=O)OC[C@@]1(C)O[C@@H](n2ccc3c(N)nc(Cl)nc32)C[C@@H]1O. The van der Waals surface area contributed by atoms with Crippen molar-refractivity contribution in [3.05, 3.63) is 17.5 Å². The second-order valence-electron chi connectivity index (χ2n) is 7.09. The fraction of sp³-hybridized carbons (Fsp3) is 0.611. The number of unbranched alkanes of at least 4 members (excludes halogenated alkanes) is 2. The predicted octanol–water partition coefficient (Wildman–Crippen LogP) is 2.83. The van der Waals surface area contributed by atoms with Gasteiger partial charge in [0.2, 0.25) is 5.28 Å². The largest absolute Gasteiger partial charge is 0.462 e. The fourth-order valence-corrected chi connectivity index (χ4v) is 3.43. The molecule has 3 N–H and O–H groups in total. The molecule has 1 fully saturated rings. The van der Waals surface area contributed by atoms with Crippen molar-refractivity contribution in [3.63, 3.8) is 0 Å². The highest BCUT2D eigenvalue weighted by Gasteiger charge is 2.46. The van der Waals surface area contributed by atoms with Crippen LogP contribution in [0.25, 0.3) is 11.0 Å². The van der Waals surface area contributed by atoms with Crippen molar-refractivity contribution in [2.45, 2.75) is 63.9 Å². The van der Waals surface area contributed by atoms with Gasteiger partial charge in [0.1, 0.15) is 29.9 Å². The Balaban J connectivity index is 1.70. The lowest BCUT2D eigenvalue weighted by Gasteiger charge is -2.27. The Morgan fingerprint density at radius 2 is 2.30 bits per heavy atom. The van der Waals surface area contributed by atoms with Crippen LogP contribution in [0.4, 0.5) is 5.82 Å². The third-order valence-corrected chi connectivity index (χ3v) is 5.09. The number of carbonyl (C=O) groups is 1. The summed E-state index contributed by atoms with van der Waals surface area (Å²) in [7, 11) is 0. The summed E-state index contributed by atoms with van der Waals surface area (Å²) >= 11 is 5.92. The standard InChI is InChI=1S/C18H25ClN4O4/c1-3-4-5-6-14(25)26-10-18(2)12(24)9-13(27-18)23-8-7-11-15(20)21-17(19)22-16(11)23/h7-8,12-13,24H,3-6,9-10H2,1-2H3,(H2,20,21,22)/t12-,13+,18+/m0/s1. The van der Waals surface area contributed by atoms with E-state index in [0.717, 1.165) is 19.3 Å². The highest BCUT2D eigenvalue weighted by Crippen LogP contribution is 2.39. The molecule has 3 rings (SSSR count). The number of anilines is 1. The molecule has 0 unspecified atom stereocenters. The first kappa shape index (κ1) is 19.9. The van der Waals surface area contributed by atoms with Crippen molar-refractivity contribution < 1.29 is 19.4 Å². The van der Waals surface area contributed by atoms with Crippen molar-refractivity contribution in [1.82, 2.24) is 14.5 Å². The Hall–Kier alpha value is -1.90.